The third kappa shape index (κ3) is 6.80. The van der Waals surface area contributed by atoms with Crippen LogP contribution < -0.4 is 19.7 Å². The Morgan fingerprint density at radius 3 is 2.44 bits per heavy atom. The molecule has 1 heterocycles. The smallest absolute Gasteiger partial charge is 0.497 e. The molecule has 1 aliphatic carbocycles. The average molecular weight is 618 g/mol. The fourth-order valence-electron chi connectivity index (χ4n) is 5.14. The van der Waals surface area contributed by atoms with E-state index in [1.54, 1.807) is 55.5 Å². The summed E-state index contributed by atoms with van der Waals surface area (Å²) in [5, 5.41) is 16.4. The van der Waals surface area contributed by atoms with Crippen LogP contribution in [0.5, 0.6) is 11.5 Å². The van der Waals surface area contributed by atoms with Gasteiger partial charge in [-0.05, 0) is 61.2 Å². The van der Waals surface area contributed by atoms with Crippen molar-refractivity contribution < 1.29 is 42.2 Å². The molecule has 13 heteroatoms. The van der Waals surface area contributed by atoms with Crippen molar-refractivity contribution in [1.82, 2.24) is 0 Å². The van der Waals surface area contributed by atoms with Gasteiger partial charge in [0.05, 0.1) is 18.5 Å². The highest BCUT2D eigenvalue weighted by molar-refractivity contribution is 6.30. The van der Waals surface area contributed by atoms with Gasteiger partial charge in [-0.25, -0.2) is 4.79 Å². The summed E-state index contributed by atoms with van der Waals surface area (Å²) in [5.74, 6) is -1.55. The standard InChI is InChI=1S/C30H27ClF3N3O6/c1-17(36-42-15-26(38)39)19-11-21(13-23(12-19)41-2)35-27(18-3-5-20(31)6-4-18)28(40)37-16-29(9-10-29)24-8-7-22(14-25(24)37)43-30(32,33)34/h3-8,11-14,27,35H,9-10,15-16H2,1-2H3,(H,38,39). The number of ether oxygens (including phenoxy) is 2. The number of carbonyl (C=O) groups excluding carboxylic acids is 1. The first kappa shape index (κ1) is 30.0. The molecular formula is C30H27ClF3N3O6. The number of anilines is 2. The Labute approximate surface area is 249 Å². The number of amides is 1. The first-order chi connectivity index (χ1) is 20.4. The van der Waals surface area contributed by atoms with Gasteiger partial charge in [0.25, 0.3) is 5.91 Å². The molecule has 1 saturated carbocycles. The summed E-state index contributed by atoms with van der Waals surface area (Å²) in [5.41, 5.74) is 2.79. The van der Waals surface area contributed by atoms with Crippen molar-refractivity contribution in [2.75, 3.05) is 30.5 Å². The number of benzene rings is 3. The Morgan fingerprint density at radius 2 is 1.81 bits per heavy atom. The number of nitrogens with zero attached hydrogens (tertiary/aromatic N) is 2. The third-order valence-corrected chi connectivity index (χ3v) is 7.61. The molecule has 226 valence electrons. The van der Waals surface area contributed by atoms with Crippen molar-refractivity contribution >= 4 is 40.6 Å². The van der Waals surface area contributed by atoms with Crippen LogP contribution in [0, 0.1) is 0 Å². The molecule has 1 atom stereocenters. The van der Waals surface area contributed by atoms with E-state index in [0.29, 0.717) is 45.5 Å². The summed E-state index contributed by atoms with van der Waals surface area (Å²) in [6, 6.07) is 14.9. The Bertz CT molecular complexity index is 1570. The van der Waals surface area contributed by atoms with E-state index in [4.69, 9.17) is 26.3 Å². The number of carboxylic acid groups (broad SMARTS) is 1. The van der Waals surface area contributed by atoms with Crippen molar-refractivity contribution in [3.63, 3.8) is 0 Å². The number of carbonyl (C=O) groups is 2. The van der Waals surface area contributed by atoms with Crippen LogP contribution in [0.3, 0.4) is 0 Å². The minimum Gasteiger partial charge on any atom is -0.497 e. The molecule has 3 aromatic carbocycles. The molecule has 0 aromatic heterocycles. The van der Waals surface area contributed by atoms with Gasteiger partial charge < -0.3 is 29.6 Å². The maximum absolute atomic E-state index is 14.3. The van der Waals surface area contributed by atoms with E-state index >= 15 is 0 Å². The van der Waals surface area contributed by atoms with E-state index in [1.165, 1.54) is 24.1 Å². The van der Waals surface area contributed by atoms with Crippen LogP contribution in [0.25, 0.3) is 0 Å². The maximum atomic E-state index is 14.3. The molecule has 3 aromatic rings. The molecule has 0 saturated heterocycles. The van der Waals surface area contributed by atoms with Crippen molar-refractivity contribution in [1.29, 1.82) is 0 Å². The topological polar surface area (TPSA) is 110 Å². The van der Waals surface area contributed by atoms with Crippen LogP contribution in [0.1, 0.15) is 42.5 Å². The highest BCUT2D eigenvalue weighted by atomic mass is 35.5. The van der Waals surface area contributed by atoms with Crippen molar-refractivity contribution in [2.45, 2.75) is 37.6 Å². The molecule has 2 N–H and O–H groups in total. The lowest BCUT2D eigenvalue weighted by Crippen LogP contribution is -2.38. The molecule has 5 rings (SSSR count). The number of nitrogens with one attached hydrogen (secondary N) is 1. The van der Waals surface area contributed by atoms with Gasteiger partial charge in [0.1, 0.15) is 17.5 Å². The summed E-state index contributed by atoms with van der Waals surface area (Å²) in [4.78, 5) is 31.5. The third-order valence-electron chi connectivity index (χ3n) is 7.36. The molecule has 1 fully saturated rings. The molecule has 1 amide bonds. The van der Waals surface area contributed by atoms with Gasteiger partial charge in [-0.1, -0.05) is 35.0 Å². The van der Waals surface area contributed by atoms with Gasteiger partial charge >= 0.3 is 12.3 Å². The number of fused-ring (bicyclic) bond motifs is 2. The lowest BCUT2D eigenvalue weighted by molar-refractivity contribution is -0.274. The van der Waals surface area contributed by atoms with Crippen LogP contribution in [-0.4, -0.2) is 49.3 Å². The average Bonchev–Trinajstić information content (AvgIpc) is 3.66. The number of methoxy groups -OCH3 is 1. The Kier molecular flexibility index (Phi) is 8.15. The summed E-state index contributed by atoms with van der Waals surface area (Å²) >= 11 is 6.12. The van der Waals surface area contributed by atoms with Gasteiger partial charge in [0.2, 0.25) is 6.61 Å². The molecule has 0 radical (unpaired) electrons. The van der Waals surface area contributed by atoms with Crippen LogP contribution in [-0.2, 0) is 19.8 Å². The lowest BCUT2D eigenvalue weighted by Gasteiger charge is -2.27. The van der Waals surface area contributed by atoms with Crippen molar-refractivity contribution in [3.05, 3.63) is 82.4 Å². The Hall–Kier alpha value is -4.45. The number of carboxylic acids is 1. The van der Waals surface area contributed by atoms with Gasteiger partial charge in [0.15, 0.2) is 0 Å². The minimum absolute atomic E-state index is 0.307. The van der Waals surface area contributed by atoms with Gasteiger partial charge in [-0.15, -0.1) is 13.2 Å². The maximum Gasteiger partial charge on any atom is 0.573 e. The van der Waals surface area contributed by atoms with E-state index in [0.717, 1.165) is 18.4 Å². The monoisotopic (exact) mass is 617 g/mol. The Morgan fingerprint density at radius 1 is 1.09 bits per heavy atom. The molecular weight excluding hydrogens is 591 g/mol. The number of oxime groups is 1. The van der Waals surface area contributed by atoms with Gasteiger partial charge in [-0.3, -0.25) is 4.79 Å². The summed E-state index contributed by atoms with van der Waals surface area (Å²) < 4.78 is 48.7. The fraction of sp³-hybridized carbons (Fsp3) is 0.300. The summed E-state index contributed by atoms with van der Waals surface area (Å²) in [6.07, 6.45) is -3.26. The molecule has 1 aliphatic heterocycles. The molecule has 1 unspecified atom stereocenters. The van der Waals surface area contributed by atoms with Crippen molar-refractivity contribution in [3.8, 4) is 11.5 Å². The van der Waals surface area contributed by atoms with Crippen LogP contribution in [0.4, 0.5) is 24.5 Å². The zero-order valence-corrected chi connectivity index (χ0v) is 23.8. The lowest BCUT2D eigenvalue weighted by atomic mass is 9.99. The van der Waals surface area contributed by atoms with Crippen LogP contribution >= 0.6 is 11.6 Å². The zero-order valence-electron chi connectivity index (χ0n) is 23.1. The first-order valence-electron chi connectivity index (χ1n) is 13.2. The van der Waals surface area contributed by atoms with Crippen molar-refractivity contribution in [2.24, 2.45) is 5.16 Å². The summed E-state index contributed by atoms with van der Waals surface area (Å²) in [6.45, 7) is 1.33. The number of alkyl halides is 3. The number of hydrogen-bond donors (Lipinski definition) is 2. The summed E-state index contributed by atoms with van der Waals surface area (Å²) in [7, 11) is 1.47. The second kappa shape index (κ2) is 11.7. The van der Waals surface area contributed by atoms with E-state index < -0.39 is 36.6 Å². The van der Waals surface area contributed by atoms with Crippen LogP contribution in [0.2, 0.25) is 5.02 Å². The van der Waals surface area contributed by atoms with Crippen LogP contribution in [0.15, 0.2) is 65.8 Å². The first-order valence-corrected chi connectivity index (χ1v) is 13.6. The van der Waals surface area contributed by atoms with E-state index in [9.17, 15) is 22.8 Å². The quantitative estimate of drug-likeness (QED) is 0.203. The number of rotatable bonds is 10. The normalized spacial score (nSPS) is 16.0. The number of hydrogen-bond acceptors (Lipinski definition) is 7. The fourth-order valence-corrected chi connectivity index (χ4v) is 5.27. The van der Waals surface area contributed by atoms with Gasteiger partial charge in [-0.2, -0.15) is 0 Å². The second-order valence-electron chi connectivity index (χ2n) is 10.4. The SMILES string of the molecule is COc1cc(NC(C(=O)N2CC3(CC3)c3ccc(OC(F)(F)F)cc32)c2ccc(Cl)cc2)cc(C(C)=NOCC(=O)O)c1. The molecule has 2 aliphatic rings. The predicted molar refractivity (Wildman–Crippen MR) is 153 cm³/mol. The zero-order chi connectivity index (χ0) is 30.9. The predicted octanol–water partition coefficient (Wildman–Crippen LogP) is 6.30. The molecule has 9 nitrogen and oxygen atoms in total. The molecule has 0 bridgehead atoms. The van der Waals surface area contributed by atoms with Gasteiger partial charge in [0, 0.05) is 40.4 Å². The largest absolute Gasteiger partial charge is 0.573 e. The van der Waals surface area contributed by atoms with E-state index in [-0.39, 0.29) is 5.41 Å². The number of aliphatic carboxylic acids is 1. The molecule has 43 heavy (non-hydrogen) atoms. The van der Waals surface area contributed by atoms with E-state index in [1.807, 2.05) is 0 Å². The number of halogens is 4. The molecule has 1 spiro atoms. The van der Waals surface area contributed by atoms with E-state index in [2.05, 4.69) is 15.2 Å². The highest BCUT2D eigenvalue weighted by Crippen LogP contribution is 2.57. The second-order valence-corrected chi connectivity index (χ2v) is 10.8. The Balaban J connectivity index is 1.51. The minimum atomic E-state index is -4.88. The highest BCUT2D eigenvalue weighted by Gasteiger charge is 2.54.